The van der Waals surface area contributed by atoms with E-state index in [1.165, 1.54) is 12.1 Å². The number of rotatable bonds is 24. The Morgan fingerprint density at radius 2 is 1.38 bits per heavy atom. The Labute approximate surface area is 696 Å². The number of aromatic hydroxyl groups is 3. The van der Waals surface area contributed by atoms with Crippen LogP contribution in [-0.4, -0.2) is 209 Å². The zero-order chi connectivity index (χ0) is 87.0. The maximum absolute atomic E-state index is 16.3. The van der Waals surface area contributed by atoms with Gasteiger partial charge in [-0.2, -0.15) is 0 Å². The number of hydrogen-bond donors (Lipinski definition) is 21. The number of halogens is 2. The van der Waals surface area contributed by atoms with Crippen molar-refractivity contribution in [1.82, 2.24) is 42.5 Å². The summed E-state index contributed by atoms with van der Waals surface area (Å²) in [7, 11) is 0. The molecule has 0 aliphatic carbocycles. The molecule has 2 saturated heterocycles. The Morgan fingerprint density at radius 3 is 2.02 bits per heavy atom. The fourth-order valence-electron chi connectivity index (χ4n) is 14.4. The van der Waals surface area contributed by atoms with Crippen LogP contribution in [0.25, 0.3) is 11.1 Å². The Bertz CT molecular complexity index is 4870. The molecule has 6 aromatic carbocycles. The third kappa shape index (κ3) is 20.4. The lowest BCUT2D eigenvalue weighted by Crippen LogP contribution is -2.65. The Morgan fingerprint density at radius 1 is 0.733 bits per heavy atom. The highest BCUT2D eigenvalue weighted by molar-refractivity contribution is 6.32. The van der Waals surface area contributed by atoms with Gasteiger partial charge >= 0.3 is 5.97 Å². The van der Waals surface area contributed by atoms with Crippen LogP contribution in [-0.2, 0) is 63.9 Å². The molecule has 19 atom stereocenters. The predicted molar refractivity (Wildman–Crippen MR) is 424 cm³/mol. The third-order valence-corrected chi connectivity index (χ3v) is 21.7. The number of aliphatic carboxylic acids is 1. The molecular weight excluding hydrogens is 1610 g/mol. The Kier molecular flexibility index (Phi) is 28.9. The van der Waals surface area contributed by atoms with Crippen LogP contribution in [0.15, 0.2) is 116 Å². The van der Waals surface area contributed by atoms with Gasteiger partial charge in [0.2, 0.25) is 59.3 Å². The van der Waals surface area contributed by atoms with Gasteiger partial charge in [0.1, 0.15) is 107 Å². The molecule has 7 aliphatic heterocycles. The van der Waals surface area contributed by atoms with Crippen molar-refractivity contribution in [3.63, 3.8) is 0 Å². The molecule has 644 valence electrons. The van der Waals surface area contributed by atoms with Crippen molar-refractivity contribution in [1.29, 1.82) is 0 Å². The van der Waals surface area contributed by atoms with E-state index in [1.807, 2.05) is 6.07 Å². The lowest BCUT2D eigenvalue weighted by atomic mass is 9.84. The quantitative estimate of drug-likeness (QED) is 0.0304. The highest BCUT2D eigenvalue weighted by Crippen LogP contribution is 2.50. The van der Waals surface area contributed by atoms with Crippen molar-refractivity contribution in [2.24, 2.45) is 23.1 Å². The van der Waals surface area contributed by atoms with Crippen molar-refractivity contribution in [2.75, 3.05) is 19.8 Å². The van der Waals surface area contributed by atoms with E-state index in [2.05, 4.69) is 49.1 Å². The molecule has 13 rings (SSSR count). The number of carboxylic acid groups (broad SMARTS) is 1. The summed E-state index contributed by atoms with van der Waals surface area (Å²) in [5.74, 6) is -17.6. The summed E-state index contributed by atoms with van der Waals surface area (Å²) in [5.41, 5.74) is 14.2. The molecule has 120 heavy (non-hydrogen) atoms. The van der Waals surface area contributed by atoms with Gasteiger partial charge in [-0.05, 0) is 152 Å². The number of phenolic OH excluding ortho intramolecular Hbond substituents is 3. The summed E-state index contributed by atoms with van der Waals surface area (Å²) in [5, 5.41) is 137. The second-order valence-corrected chi connectivity index (χ2v) is 31.0. The summed E-state index contributed by atoms with van der Waals surface area (Å²) in [6, 6.07) is 4.12. The molecule has 0 saturated carbocycles. The number of benzene rings is 6. The number of phenols is 3. The number of aliphatic hydroxyl groups excluding tert-OH is 6. The standard InChI is InChI=1S/C81H95Cl2N11O26/c1-6-7-21-114-42-12-10-11-36(22-42)32-87-81(5)31-57(115-35(4)71(81)104)119-70-68(103)67(102)55(33-95)118-80(70)120-69-53-26-40-27-54(69)117-52-19-16-39(25-46(52)83)66(101)64-78(111)92-62(76(109)88-47(79(112)113)13-8-9-20-84)44-28-41(96)29-50(98)58(44)43-23-37(14-17-49(43)97)60(74(107)94-64)91-75(108)61(40)90-72(105)48(30-56(85)99)89-77(110)63(93-73(106)59(86)34(2)3)65(100)38-15-18-51(116-53)45(82)24-38/h6,10-12,14-19,22-29,34-35,47-48,55,57,59-68,70-71,80,87,95-98,100-104H,1,7-9,13,20-21,30-33,84,86H2,2-5H3,(H2,85,99)(H,88,109)(H,89,110)(H,90,105)(H,91,108)(H,92,111)(H,93,106)(H,94,107)(H,112,113)/t35-,47-,48-,55+,57-,59-,60+,61+,62-,63+,64-,65+,66+,67+,68-,70+,71+,80-,81-/m0/s1. The second-order valence-electron chi connectivity index (χ2n) is 30.2. The van der Waals surface area contributed by atoms with Gasteiger partial charge in [0.25, 0.3) is 0 Å². The number of ether oxygens (including phenoxy) is 7. The lowest BCUT2D eigenvalue weighted by Gasteiger charge is -2.48. The van der Waals surface area contributed by atoms with Crippen molar-refractivity contribution in [2.45, 2.75) is 188 Å². The molecule has 6 aromatic rings. The zero-order valence-electron chi connectivity index (χ0n) is 65.1. The normalized spacial score (nSPS) is 26.8. The highest BCUT2D eigenvalue weighted by atomic mass is 35.5. The van der Waals surface area contributed by atoms with Crippen molar-refractivity contribution in [3.05, 3.63) is 159 Å². The van der Waals surface area contributed by atoms with Crippen molar-refractivity contribution >= 4 is 76.4 Å². The number of aliphatic hydroxyl groups is 6. The number of primary amides is 1. The number of carbonyl (C=O) groups excluding carboxylic acids is 8. The highest BCUT2D eigenvalue weighted by Gasteiger charge is 2.52. The molecule has 37 nitrogen and oxygen atoms in total. The first kappa shape index (κ1) is 89.8. The molecule has 39 heteroatoms. The summed E-state index contributed by atoms with van der Waals surface area (Å²) >= 11 is 14.3. The van der Waals surface area contributed by atoms with Gasteiger partial charge in [0.15, 0.2) is 23.9 Å². The molecule has 0 unspecified atom stereocenters. The minimum Gasteiger partial charge on any atom is -0.508 e. The van der Waals surface area contributed by atoms with E-state index >= 15 is 19.2 Å². The van der Waals surface area contributed by atoms with Crippen LogP contribution < -0.4 is 78.7 Å². The van der Waals surface area contributed by atoms with Crippen LogP contribution in [0.4, 0.5) is 0 Å². The summed E-state index contributed by atoms with van der Waals surface area (Å²) < 4.78 is 45.3. The number of carbonyl (C=O) groups is 9. The second kappa shape index (κ2) is 38.6. The Balaban J connectivity index is 1.12. The number of fused-ring (bicyclic) bond motifs is 15. The molecule has 24 N–H and O–H groups in total. The zero-order valence-corrected chi connectivity index (χ0v) is 66.6. The predicted octanol–water partition coefficient (Wildman–Crippen LogP) is 1.86. The minimum atomic E-state index is -2.40. The molecule has 11 bridgehead atoms. The van der Waals surface area contributed by atoms with E-state index in [-0.39, 0.29) is 49.2 Å². The van der Waals surface area contributed by atoms with Crippen molar-refractivity contribution < 1.29 is 127 Å². The average molecular weight is 1710 g/mol. The van der Waals surface area contributed by atoms with E-state index < -0.39 is 266 Å². The van der Waals surface area contributed by atoms with Crippen LogP contribution in [0.1, 0.15) is 130 Å². The molecular formula is C81H95Cl2N11O26. The summed E-state index contributed by atoms with van der Waals surface area (Å²) in [4.78, 5) is 133. The summed E-state index contributed by atoms with van der Waals surface area (Å²) in [6.07, 6.45) is -16.6. The topological polar surface area (TPSA) is 595 Å². The number of nitrogens with two attached hydrogens (primary N) is 3. The smallest absolute Gasteiger partial charge is 0.326 e. The van der Waals surface area contributed by atoms with Crippen LogP contribution in [0.2, 0.25) is 10.0 Å². The van der Waals surface area contributed by atoms with Gasteiger partial charge in [0.05, 0.1) is 47.9 Å². The van der Waals surface area contributed by atoms with Crippen LogP contribution in [0.3, 0.4) is 0 Å². The molecule has 7 heterocycles. The molecule has 0 radical (unpaired) electrons. The van der Waals surface area contributed by atoms with Gasteiger partial charge in [-0.15, -0.1) is 6.58 Å². The molecule has 0 spiro atoms. The van der Waals surface area contributed by atoms with Gasteiger partial charge in [-0.1, -0.05) is 73.5 Å². The maximum atomic E-state index is 16.3. The minimum absolute atomic E-state index is 0.139. The van der Waals surface area contributed by atoms with E-state index in [4.69, 9.17) is 73.6 Å². The van der Waals surface area contributed by atoms with Gasteiger partial charge in [-0.25, -0.2) is 4.79 Å². The van der Waals surface area contributed by atoms with Crippen LogP contribution >= 0.6 is 23.2 Å². The van der Waals surface area contributed by atoms with Gasteiger partial charge < -0.3 is 144 Å². The first-order valence-electron chi connectivity index (χ1n) is 38.3. The molecule has 2 fully saturated rings. The largest absolute Gasteiger partial charge is 0.508 e. The molecule has 0 aromatic heterocycles. The third-order valence-electron chi connectivity index (χ3n) is 21.1. The average Bonchev–Trinajstić information content (AvgIpc) is 0.766. The fraction of sp³-hybridized carbons (Fsp3) is 0.420. The fourth-order valence-corrected chi connectivity index (χ4v) is 14.9. The SMILES string of the molecule is C=CCCOc1cccc(CN[C@@]2(C)C[C@H](O[C@H]3[C@H](Oc4c5cc6cc4Oc4ccc(cc4Cl)[C@@H](O)[C@@H](NC(=O)[C@@H](N)C(C)C)C(=O)N[C@@H](CC(N)=O)C(=O)N[C@H]6C(=O)N[C@H]4C(=O)N[C@H](C(=O)N[C@H](C(=O)N[C@@H](CCCCN)C(=O)O)c6cc(O)cc(O)c6-c6cc4ccc6O)[C@H](O)c4ccc(c(Cl)c4)O5)O[C@H](CO)[C@@H](O)[C@@H]3O)O[C@@H](C)[C@H]2O)c1. The number of carboxylic acids is 1. The van der Waals surface area contributed by atoms with E-state index in [0.29, 0.717) is 25.2 Å². The summed E-state index contributed by atoms with van der Waals surface area (Å²) in [6.45, 7) is 9.81. The first-order chi connectivity index (χ1) is 57.0. The van der Waals surface area contributed by atoms with Crippen LogP contribution in [0.5, 0.6) is 51.7 Å². The number of nitrogens with one attached hydrogen (secondary N) is 8. The molecule has 7 aliphatic rings. The lowest BCUT2D eigenvalue weighted by molar-refractivity contribution is -0.334. The maximum Gasteiger partial charge on any atom is 0.326 e. The molecule has 8 amide bonds. The van der Waals surface area contributed by atoms with E-state index in [0.717, 1.165) is 72.3 Å². The van der Waals surface area contributed by atoms with Crippen LogP contribution in [0, 0.1) is 5.92 Å². The van der Waals surface area contributed by atoms with Gasteiger partial charge in [0, 0.05) is 35.7 Å². The van der Waals surface area contributed by atoms with E-state index in [1.54, 1.807) is 52.0 Å². The van der Waals surface area contributed by atoms with Gasteiger partial charge in [-0.3, -0.25) is 38.4 Å². The van der Waals surface area contributed by atoms with E-state index in [9.17, 15) is 75.0 Å². The number of amides is 8. The number of unbranched alkanes of at least 4 members (excludes halogenated alkanes) is 1. The monoisotopic (exact) mass is 1710 g/mol. The van der Waals surface area contributed by atoms with Crippen molar-refractivity contribution in [3.8, 4) is 62.9 Å². The number of hydrogen-bond acceptors (Lipinski definition) is 28. The Hall–Kier alpha value is -11.0. The first-order valence-corrected chi connectivity index (χ1v) is 39.1.